The minimum atomic E-state index is -0.213. The van der Waals surface area contributed by atoms with Gasteiger partial charge in [0, 0.05) is 23.6 Å². The molecule has 0 aliphatic carbocycles. The number of nitrogens with one attached hydrogen (secondary N) is 1. The van der Waals surface area contributed by atoms with E-state index >= 15 is 0 Å². The average Bonchev–Trinajstić information content (AvgIpc) is 3.47. The van der Waals surface area contributed by atoms with Crippen molar-refractivity contribution in [2.24, 2.45) is 0 Å². The van der Waals surface area contributed by atoms with Gasteiger partial charge in [0.1, 0.15) is 0 Å². The molecule has 0 spiro atoms. The van der Waals surface area contributed by atoms with Gasteiger partial charge in [0.15, 0.2) is 11.5 Å². The van der Waals surface area contributed by atoms with E-state index < -0.39 is 0 Å². The molecule has 0 radical (unpaired) electrons. The van der Waals surface area contributed by atoms with E-state index in [9.17, 15) is 9.59 Å². The average molecular weight is 433 g/mol. The standard InChI is InChI=1S/C24H20N2O4S/c27-23-18(11-17-12-20-21(30-15-29-20)13-19(17)25-23)14-26(24(28)22-7-4-10-31-22)9-8-16-5-2-1-3-6-16/h1-7,10-13H,8-9,14-15H2,(H,25,27). The molecule has 2 aromatic carbocycles. The predicted molar refractivity (Wildman–Crippen MR) is 120 cm³/mol. The first kappa shape index (κ1) is 19.4. The maximum atomic E-state index is 13.1. The molecule has 2 aromatic heterocycles. The van der Waals surface area contributed by atoms with E-state index in [-0.39, 0.29) is 24.8 Å². The van der Waals surface area contributed by atoms with Gasteiger partial charge in [-0.05, 0) is 35.6 Å². The maximum absolute atomic E-state index is 13.1. The fourth-order valence-electron chi connectivity index (χ4n) is 3.68. The fraction of sp³-hybridized carbons (Fsp3) is 0.167. The quantitative estimate of drug-likeness (QED) is 0.496. The lowest BCUT2D eigenvalue weighted by Crippen LogP contribution is -2.34. The molecule has 6 nitrogen and oxygen atoms in total. The Bertz CT molecular complexity index is 1280. The van der Waals surface area contributed by atoms with Crippen LogP contribution in [-0.2, 0) is 13.0 Å². The van der Waals surface area contributed by atoms with Crippen molar-refractivity contribution in [1.82, 2.24) is 9.88 Å². The van der Waals surface area contributed by atoms with Crippen molar-refractivity contribution >= 4 is 28.1 Å². The van der Waals surface area contributed by atoms with Crippen LogP contribution in [0.1, 0.15) is 20.8 Å². The van der Waals surface area contributed by atoms with Crippen LogP contribution in [-0.4, -0.2) is 29.1 Å². The summed E-state index contributed by atoms with van der Waals surface area (Å²) in [6.07, 6.45) is 0.710. The summed E-state index contributed by atoms with van der Waals surface area (Å²) in [6, 6.07) is 19.1. The number of hydrogen-bond donors (Lipinski definition) is 1. The number of pyridine rings is 1. The van der Waals surface area contributed by atoms with Gasteiger partial charge >= 0.3 is 0 Å². The summed E-state index contributed by atoms with van der Waals surface area (Å²) in [5.74, 6) is 1.20. The van der Waals surface area contributed by atoms with Gasteiger partial charge < -0.3 is 19.4 Å². The van der Waals surface area contributed by atoms with Crippen LogP contribution in [0, 0.1) is 0 Å². The van der Waals surface area contributed by atoms with Crippen molar-refractivity contribution in [3.63, 3.8) is 0 Å². The number of aromatic amines is 1. The molecule has 3 heterocycles. The molecule has 4 aromatic rings. The molecule has 0 unspecified atom stereocenters. The molecule has 0 saturated heterocycles. The van der Waals surface area contributed by atoms with Crippen molar-refractivity contribution < 1.29 is 14.3 Å². The molecule has 0 atom stereocenters. The number of thiophene rings is 1. The molecule has 1 aliphatic heterocycles. The fourth-order valence-corrected chi connectivity index (χ4v) is 4.37. The van der Waals surface area contributed by atoms with Crippen LogP contribution >= 0.6 is 11.3 Å². The summed E-state index contributed by atoms with van der Waals surface area (Å²) in [5.41, 5.74) is 2.14. The van der Waals surface area contributed by atoms with Crippen LogP contribution in [0.3, 0.4) is 0 Å². The first-order chi connectivity index (χ1) is 15.2. The topological polar surface area (TPSA) is 71.6 Å². The number of benzene rings is 2. The monoisotopic (exact) mass is 432 g/mol. The molecule has 31 heavy (non-hydrogen) atoms. The SMILES string of the molecule is O=C(c1cccs1)N(CCc1ccccc1)Cc1cc2cc3c(cc2[nH]c1=O)OCO3. The Hall–Kier alpha value is -3.58. The van der Waals surface area contributed by atoms with Crippen molar-refractivity contribution in [1.29, 1.82) is 0 Å². The zero-order valence-electron chi connectivity index (χ0n) is 16.7. The second kappa shape index (κ2) is 8.28. The van der Waals surface area contributed by atoms with Gasteiger partial charge in [-0.1, -0.05) is 36.4 Å². The van der Waals surface area contributed by atoms with Gasteiger partial charge in [0.2, 0.25) is 6.79 Å². The Kier molecular flexibility index (Phi) is 5.18. The van der Waals surface area contributed by atoms with Crippen molar-refractivity contribution in [2.45, 2.75) is 13.0 Å². The summed E-state index contributed by atoms with van der Waals surface area (Å²) >= 11 is 1.40. The lowest BCUT2D eigenvalue weighted by atomic mass is 10.1. The van der Waals surface area contributed by atoms with Gasteiger partial charge in [0.25, 0.3) is 11.5 Å². The number of nitrogens with zero attached hydrogens (tertiary/aromatic N) is 1. The van der Waals surface area contributed by atoms with Crippen LogP contribution in [0.2, 0.25) is 0 Å². The third-order valence-corrected chi connectivity index (χ3v) is 6.17. The molecule has 0 saturated carbocycles. The summed E-state index contributed by atoms with van der Waals surface area (Å²) < 4.78 is 10.8. The number of carbonyl (C=O) groups is 1. The largest absolute Gasteiger partial charge is 0.454 e. The number of aromatic nitrogens is 1. The molecule has 7 heteroatoms. The smallest absolute Gasteiger partial charge is 0.264 e. The van der Waals surface area contributed by atoms with Crippen molar-refractivity contribution in [2.75, 3.05) is 13.3 Å². The number of carbonyl (C=O) groups excluding carboxylic acids is 1. The van der Waals surface area contributed by atoms with Gasteiger partial charge in [-0.25, -0.2) is 0 Å². The highest BCUT2D eigenvalue weighted by atomic mass is 32.1. The molecular weight excluding hydrogens is 412 g/mol. The lowest BCUT2D eigenvalue weighted by molar-refractivity contribution is 0.0749. The number of ether oxygens (including phenoxy) is 2. The van der Waals surface area contributed by atoms with Crippen LogP contribution < -0.4 is 15.0 Å². The zero-order valence-corrected chi connectivity index (χ0v) is 17.5. The molecule has 0 bridgehead atoms. The van der Waals surface area contributed by atoms with E-state index in [0.717, 1.165) is 10.9 Å². The molecule has 5 rings (SSSR count). The Morgan fingerprint density at radius 2 is 1.84 bits per heavy atom. The number of amides is 1. The summed E-state index contributed by atoms with van der Waals surface area (Å²) in [5, 5.41) is 2.72. The van der Waals surface area contributed by atoms with Crippen LogP contribution in [0.15, 0.2) is 70.8 Å². The predicted octanol–water partition coefficient (Wildman–Crippen LogP) is 4.20. The summed E-state index contributed by atoms with van der Waals surface area (Å²) in [6.45, 7) is 0.911. The van der Waals surface area contributed by atoms with E-state index in [4.69, 9.17) is 9.47 Å². The Balaban J connectivity index is 1.45. The van der Waals surface area contributed by atoms with Crippen LogP contribution in [0.5, 0.6) is 11.5 Å². The molecular formula is C24H20N2O4S. The minimum Gasteiger partial charge on any atom is -0.454 e. The summed E-state index contributed by atoms with van der Waals surface area (Å²) in [4.78, 5) is 31.3. The zero-order chi connectivity index (χ0) is 21.2. The normalized spacial score (nSPS) is 12.3. The molecule has 156 valence electrons. The summed E-state index contributed by atoms with van der Waals surface area (Å²) in [7, 11) is 0. The second-order valence-corrected chi connectivity index (χ2v) is 8.30. The van der Waals surface area contributed by atoms with Crippen molar-refractivity contribution in [3.05, 3.63) is 92.4 Å². The number of hydrogen-bond acceptors (Lipinski definition) is 5. The Morgan fingerprint density at radius 3 is 2.61 bits per heavy atom. The van der Waals surface area contributed by atoms with Gasteiger partial charge in [-0.2, -0.15) is 0 Å². The van der Waals surface area contributed by atoms with Gasteiger partial charge in [-0.15, -0.1) is 11.3 Å². The van der Waals surface area contributed by atoms with E-state index in [2.05, 4.69) is 4.98 Å². The number of rotatable bonds is 6. The van der Waals surface area contributed by atoms with E-state index in [1.807, 2.05) is 60.0 Å². The molecule has 0 fully saturated rings. The van der Waals surface area contributed by atoms with Crippen molar-refractivity contribution in [3.8, 4) is 11.5 Å². The third-order valence-electron chi connectivity index (χ3n) is 5.31. The van der Waals surface area contributed by atoms with E-state index in [1.54, 1.807) is 11.0 Å². The van der Waals surface area contributed by atoms with Crippen LogP contribution in [0.25, 0.3) is 10.9 Å². The van der Waals surface area contributed by atoms with E-state index in [1.165, 1.54) is 11.3 Å². The molecule has 1 N–H and O–H groups in total. The first-order valence-electron chi connectivity index (χ1n) is 9.99. The Morgan fingerprint density at radius 1 is 1.03 bits per heavy atom. The van der Waals surface area contributed by atoms with E-state index in [0.29, 0.717) is 40.4 Å². The highest BCUT2D eigenvalue weighted by Crippen LogP contribution is 2.35. The number of H-pyrrole nitrogens is 1. The third kappa shape index (κ3) is 4.04. The highest BCUT2D eigenvalue weighted by Gasteiger charge is 2.20. The highest BCUT2D eigenvalue weighted by molar-refractivity contribution is 7.12. The number of fused-ring (bicyclic) bond motifs is 2. The van der Waals surface area contributed by atoms with Gasteiger partial charge in [-0.3, -0.25) is 9.59 Å². The minimum absolute atomic E-state index is 0.0730. The lowest BCUT2D eigenvalue weighted by Gasteiger charge is -2.22. The Labute approximate surface area is 182 Å². The van der Waals surface area contributed by atoms with Crippen LogP contribution in [0.4, 0.5) is 0 Å². The first-order valence-corrected chi connectivity index (χ1v) is 10.9. The molecule has 1 amide bonds. The second-order valence-electron chi connectivity index (χ2n) is 7.36. The maximum Gasteiger partial charge on any atom is 0.264 e. The molecule has 1 aliphatic rings. The van der Waals surface area contributed by atoms with Gasteiger partial charge in [0.05, 0.1) is 16.9 Å².